The molecule has 0 radical (unpaired) electrons. The van der Waals surface area contributed by atoms with Crippen LogP contribution in [0.4, 0.5) is 5.69 Å². The SMILES string of the molecule is Cc1cc(Cl)ccc1NCc1cc(C(=O)OCc2ccccc2)cc(I)c1O. The predicted octanol–water partition coefficient (Wildman–Crippen LogP) is 5.93. The number of hydrogen-bond acceptors (Lipinski definition) is 4. The number of nitrogens with one attached hydrogen (secondary N) is 1. The third-order valence-electron chi connectivity index (χ3n) is 4.25. The number of carbonyl (C=O) groups is 1. The van der Waals surface area contributed by atoms with Gasteiger partial charge in [-0.25, -0.2) is 4.79 Å². The van der Waals surface area contributed by atoms with Crippen LogP contribution in [0.2, 0.25) is 5.02 Å². The van der Waals surface area contributed by atoms with Crippen LogP contribution >= 0.6 is 34.2 Å². The molecule has 6 heteroatoms. The Morgan fingerprint density at radius 1 is 1.14 bits per heavy atom. The molecule has 0 saturated heterocycles. The second kappa shape index (κ2) is 9.30. The zero-order valence-corrected chi connectivity index (χ0v) is 18.1. The lowest BCUT2D eigenvalue weighted by Gasteiger charge is -2.13. The first-order valence-corrected chi connectivity index (χ1v) is 10.1. The topological polar surface area (TPSA) is 58.6 Å². The van der Waals surface area contributed by atoms with Gasteiger partial charge in [0.2, 0.25) is 0 Å². The zero-order chi connectivity index (χ0) is 20.1. The minimum Gasteiger partial charge on any atom is -0.506 e. The van der Waals surface area contributed by atoms with E-state index in [9.17, 15) is 9.90 Å². The van der Waals surface area contributed by atoms with E-state index in [-0.39, 0.29) is 12.4 Å². The van der Waals surface area contributed by atoms with E-state index in [2.05, 4.69) is 5.32 Å². The van der Waals surface area contributed by atoms with E-state index in [0.717, 1.165) is 16.8 Å². The van der Waals surface area contributed by atoms with Gasteiger partial charge < -0.3 is 15.2 Å². The summed E-state index contributed by atoms with van der Waals surface area (Å²) in [7, 11) is 0. The Kier molecular flexibility index (Phi) is 6.80. The van der Waals surface area contributed by atoms with Gasteiger partial charge in [0.05, 0.1) is 9.13 Å². The van der Waals surface area contributed by atoms with Crippen LogP contribution in [0.15, 0.2) is 60.7 Å². The van der Waals surface area contributed by atoms with Crippen molar-refractivity contribution in [2.75, 3.05) is 5.32 Å². The van der Waals surface area contributed by atoms with Crippen molar-refractivity contribution < 1.29 is 14.6 Å². The highest BCUT2D eigenvalue weighted by molar-refractivity contribution is 14.1. The summed E-state index contributed by atoms with van der Waals surface area (Å²) < 4.78 is 5.99. The molecule has 4 nitrogen and oxygen atoms in total. The molecule has 3 aromatic carbocycles. The van der Waals surface area contributed by atoms with E-state index in [0.29, 0.717) is 26.3 Å². The van der Waals surface area contributed by atoms with Gasteiger partial charge in [0.1, 0.15) is 12.4 Å². The molecule has 0 spiro atoms. The van der Waals surface area contributed by atoms with Crippen LogP contribution < -0.4 is 5.32 Å². The molecule has 0 heterocycles. The van der Waals surface area contributed by atoms with Crippen molar-refractivity contribution in [3.05, 3.63) is 91.5 Å². The largest absolute Gasteiger partial charge is 0.506 e. The molecule has 0 aromatic heterocycles. The van der Waals surface area contributed by atoms with Gasteiger partial charge in [-0.3, -0.25) is 0 Å². The standard InChI is InChI=1S/C22H19ClINO3/c1-14-9-18(23)7-8-20(14)25-12-17-10-16(11-19(24)21(17)26)22(27)28-13-15-5-3-2-4-6-15/h2-11,25-26H,12-13H2,1H3. The van der Waals surface area contributed by atoms with Crippen LogP contribution in [0.5, 0.6) is 5.75 Å². The number of benzene rings is 3. The highest BCUT2D eigenvalue weighted by atomic mass is 127. The number of phenolic OH excluding ortho intramolecular Hbond substituents is 1. The molecule has 144 valence electrons. The molecular formula is C22H19ClINO3. The van der Waals surface area contributed by atoms with Crippen molar-refractivity contribution in [3.63, 3.8) is 0 Å². The zero-order valence-electron chi connectivity index (χ0n) is 15.2. The lowest BCUT2D eigenvalue weighted by Crippen LogP contribution is -2.08. The number of halogens is 2. The minimum atomic E-state index is -0.425. The van der Waals surface area contributed by atoms with E-state index >= 15 is 0 Å². The fourth-order valence-corrected chi connectivity index (χ4v) is 3.64. The van der Waals surface area contributed by atoms with Crippen LogP contribution in [0, 0.1) is 10.5 Å². The summed E-state index contributed by atoms with van der Waals surface area (Å²) in [4.78, 5) is 12.5. The van der Waals surface area contributed by atoms with Crippen LogP contribution in [-0.2, 0) is 17.9 Å². The fourth-order valence-electron chi connectivity index (χ4n) is 2.73. The van der Waals surface area contributed by atoms with Crippen LogP contribution in [-0.4, -0.2) is 11.1 Å². The molecule has 0 saturated carbocycles. The molecule has 3 aromatic rings. The van der Waals surface area contributed by atoms with Gasteiger partial charge in [-0.15, -0.1) is 0 Å². The lowest BCUT2D eigenvalue weighted by molar-refractivity contribution is 0.0472. The summed E-state index contributed by atoms with van der Waals surface area (Å²) >= 11 is 8.00. The van der Waals surface area contributed by atoms with E-state index in [1.807, 2.05) is 72.0 Å². The highest BCUT2D eigenvalue weighted by Gasteiger charge is 2.15. The molecule has 0 amide bonds. The van der Waals surface area contributed by atoms with E-state index in [1.54, 1.807) is 18.2 Å². The van der Waals surface area contributed by atoms with Gasteiger partial charge in [-0.1, -0.05) is 41.9 Å². The van der Waals surface area contributed by atoms with Crippen LogP contribution in [0.3, 0.4) is 0 Å². The van der Waals surface area contributed by atoms with Crippen LogP contribution in [0.25, 0.3) is 0 Å². The molecule has 3 rings (SSSR count). The Morgan fingerprint density at radius 2 is 1.89 bits per heavy atom. The third kappa shape index (κ3) is 5.17. The van der Waals surface area contributed by atoms with Crippen molar-refractivity contribution in [2.45, 2.75) is 20.1 Å². The maximum atomic E-state index is 12.5. The van der Waals surface area contributed by atoms with E-state index in [4.69, 9.17) is 16.3 Å². The number of carbonyl (C=O) groups excluding carboxylic acids is 1. The predicted molar refractivity (Wildman–Crippen MR) is 120 cm³/mol. The number of anilines is 1. The summed E-state index contributed by atoms with van der Waals surface area (Å²) in [5.74, 6) is -0.273. The molecule has 0 aliphatic carbocycles. The van der Waals surface area contributed by atoms with Crippen molar-refractivity contribution in [1.29, 1.82) is 0 Å². The smallest absolute Gasteiger partial charge is 0.338 e. The molecule has 0 aliphatic rings. The monoisotopic (exact) mass is 507 g/mol. The highest BCUT2D eigenvalue weighted by Crippen LogP contribution is 2.28. The summed E-state index contributed by atoms with van der Waals surface area (Å²) in [6.07, 6.45) is 0. The Labute approximate surface area is 182 Å². The number of hydrogen-bond donors (Lipinski definition) is 2. The van der Waals surface area contributed by atoms with Crippen molar-refractivity contribution >= 4 is 45.8 Å². The normalized spacial score (nSPS) is 10.5. The quantitative estimate of drug-likeness (QED) is 0.321. The van der Waals surface area contributed by atoms with Crippen molar-refractivity contribution in [2.24, 2.45) is 0 Å². The number of aromatic hydroxyl groups is 1. The Bertz CT molecular complexity index is 993. The average Bonchev–Trinajstić information content (AvgIpc) is 2.69. The Morgan fingerprint density at radius 3 is 2.61 bits per heavy atom. The molecule has 0 atom stereocenters. The van der Waals surface area contributed by atoms with Crippen molar-refractivity contribution in [1.82, 2.24) is 0 Å². The Balaban J connectivity index is 1.73. The maximum Gasteiger partial charge on any atom is 0.338 e. The number of esters is 1. The number of rotatable bonds is 6. The fraction of sp³-hybridized carbons (Fsp3) is 0.136. The molecule has 0 fully saturated rings. The maximum absolute atomic E-state index is 12.5. The van der Waals surface area contributed by atoms with Crippen LogP contribution in [0.1, 0.15) is 27.0 Å². The van der Waals surface area contributed by atoms with Crippen molar-refractivity contribution in [3.8, 4) is 5.75 Å². The summed E-state index contributed by atoms with van der Waals surface area (Å²) in [6, 6.07) is 18.3. The summed E-state index contributed by atoms with van der Waals surface area (Å²) in [5, 5.41) is 14.3. The second-order valence-corrected chi connectivity index (χ2v) is 7.94. The van der Waals surface area contributed by atoms with Gasteiger partial charge in [0.15, 0.2) is 0 Å². The molecule has 2 N–H and O–H groups in total. The van der Waals surface area contributed by atoms with Gasteiger partial charge in [0.25, 0.3) is 0 Å². The molecule has 0 bridgehead atoms. The number of aryl methyl sites for hydroxylation is 1. The first-order chi connectivity index (χ1) is 13.4. The lowest BCUT2D eigenvalue weighted by atomic mass is 10.1. The first-order valence-electron chi connectivity index (χ1n) is 8.66. The van der Waals surface area contributed by atoms with Gasteiger partial charge in [-0.05, 0) is 71.0 Å². The molecule has 28 heavy (non-hydrogen) atoms. The minimum absolute atomic E-state index is 0.152. The molecular weight excluding hydrogens is 489 g/mol. The third-order valence-corrected chi connectivity index (χ3v) is 5.31. The number of ether oxygens (including phenoxy) is 1. The van der Waals surface area contributed by atoms with E-state index in [1.165, 1.54) is 0 Å². The number of phenols is 1. The van der Waals surface area contributed by atoms with Gasteiger partial charge >= 0.3 is 5.97 Å². The van der Waals surface area contributed by atoms with Gasteiger partial charge in [0, 0.05) is 22.8 Å². The molecule has 0 aliphatic heterocycles. The Hall–Kier alpha value is -2.25. The first kappa shape index (κ1) is 20.5. The summed E-state index contributed by atoms with van der Waals surface area (Å²) in [5.41, 5.74) is 3.86. The van der Waals surface area contributed by atoms with E-state index < -0.39 is 5.97 Å². The average molecular weight is 508 g/mol. The molecule has 0 unspecified atom stereocenters. The van der Waals surface area contributed by atoms with Gasteiger partial charge in [-0.2, -0.15) is 0 Å². The summed E-state index contributed by atoms with van der Waals surface area (Å²) in [6.45, 7) is 2.52. The second-order valence-electron chi connectivity index (χ2n) is 6.34.